The van der Waals surface area contributed by atoms with Gasteiger partial charge in [0.1, 0.15) is 0 Å². The van der Waals surface area contributed by atoms with Crippen LogP contribution in [0.5, 0.6) is 0 Å². The minimum Gasteiger partial charge on any atom is -0.339 e. The molecule has 2 nitrogen and oxygen atoms in total. The Balaban J connectivity index is 1.95. The van der Waals surface area contributed by atoms with Crippen molar-refractivity contribution in [3.8, 4) is 0 Å². The monoisotopic (exact) mass is 344 g/mol. The number of hydrogen-bond acceptors (Lipinski definition) is 2. The highest BCUT2D eigenvalue weighted by molar-refractivity contribution is 7.98. The van der Waals surface area contributed by atoms with Gasteiger partial charge < -0.3 is 10.3 Å². The Morgan fingerprint density at radius 3 is 2.52 bits per heavy atom. The van der Waals surface area contributed by atoms with Gasteiger partial charge in [-0.05, 0) is 42.7 Å². The topological polar surface area (TPSA) is 30.9 Å². The van der Waals surface area contributed by atoms with Gasteiger partial charge in [-0.2, -0.15) is 0 Å². The maximum atomic E-state index is 6.08. The molecule has 4 heteroatoms. The zero-order valence-corrected chi connectivity index (χ0v) is 15.0. The van der Waals surface area contributed by atoms with Crippen molar-refractivity contribution in [1.29, 1.82) is 0 Å². The van der Waals surface area contributed by atoms with E-state index in [1.54, 1.807) is 0 Å². The maximum absolute atomic E-state index is 6.08. The normalized spacial score (nSPS) is 12.7. The first-order valence-corrected chi connectivity index (χ1v) is 9.11. The van der Waals surface area contributed by atoms with Crippen molar-refractivity contribution >= 4 is 34.3 Å². The lowest BCUT2D eigenvalue weighted by Gasteiger charge is -2.10. The Kier molecular flexibility index (Phi) is 5.00. The minimum absolute atomic E-state index is 0.149. The highest BCUT2D eigenvalue weighted by Gasteiger charge is 2.16. The van der Waals surface area contributed by atoms with E-state index < -0.39 is 0 Å². The van der Waals surface area contributed by atoms with Crippen LogP contribution in [0.3, 0.4) is 0 Å². The maximum Gasteiger partial charge on any atom is 0.0792 e. The van der Waals surface area contributed by atoms with Crippen LogP contribution < -0.4 is 5.73 Å². The SMILES string of the molecule is CC(N)Cc1c(SCc2ccc(Cl)cc2)n(C)c2ccccc12. The molecule has 0 bridgehead atoms. The van der Waals surface area contributed by atoms with E-state index in [-0.39, 0.29) is 6.04 Å². The highest BCUT2D eigenvalue weighted by Crippen LogP contribution is 2.35. The molecule has 3 rings (SSSR count). The molecule has 1 atom stereocenters. The van der Waals surface area contributed by atoms with E-state index in [9.17, 15) is 0 Å². The van der Waals surface area contributed by atoms with Gasteiger partial charge in [-0.15, -0.1) is 11.8 Å². The van der Waals surface area contributed by atoms with E-state index in [2.05, 4.69) is 54.9 Å². The third-order valence-electron chi connectivity index (χ3n) is 3.97. The number of nitrogens with zero attached hydrogens (tertiary/aromatic N) is 1. The van der Waals surface area contributed by atoms with Gasteiger partial charge in [0.05, 0.1) is 5.03 Å². The summed E-state index contributed by atoms with van der Waals surface area (Å²) in [6.45, 7) is 2.06. The summed E-state index contributed by atoms with van der Waals surface area (Å²) < 4.78 is 2.29. The first-order valence-electron chi connectivity index (χ1n) is 7.75. The number of halogens is 1. The van der Waals surface area contributed by atoms with Crippen LogP contribution in [-0.4, -0.2) is 10.6 Å². The zero-order chi connectivity index (χ0) is 16.4. The molecule has 0 aliphatic rings. The van der Waals surface area contributed by atoms with Crippen molar-refractivity contribution in [3.63, 3.8) is 0 Å². The summed E-state index contributed by atoms with van der Waals surface area (Å²) in [4.78, 5) is 0. The molecule has 1 aromatic heterocycles. The second-order valence-electron chi connectivity index (χ2n) is 5.96. The fourth-order valence-corrected chi connectivity index (χ4v) is 4.17. The van der Waals surface area contributed by atoms with Crippen molar-refractivity contribution in [1.82, 2.24) is 4.57 Å². The predicted octanol–water partition coefficient (Wildman–Crippen LogP) is 5.01. The molecule has 0 aliphatic carbocycles. The second kappa shape index (κ2) is 7.00. The predicted molar refractivity (Wildman–Crippen MR) is 101 cm³/mol. The van der Waals surface area contributed by atoms with Crippen LogP contribution in [-0.2, 0) is 19.2 Å². The summed E-state index contributed by atoms with van der Waals surface area (Å²) in [5, 5.41) is 3.39. The van der Waals surface area contributed by atoms with Gasteiger partial charge in [0.2, 0.25) is 0 Å². The summed E-state index contributed by atoms with van der Waals surface area (Å²) in [5.74, 6) is 0.924. The molecule has 1 heterocycles. The van der Waals surface area contributed by atoms with Crippen LogP contribution in [0.2, 0.25) is 5.02 Å². The Morgan fingerprint density at radius 1 is 1.13 bits per heavy atom. The van der Waals surface area contributed by atoms with E-state index in [4.69, 9.17) is 17.3 Å². The standard InChI is InChI=1S/C19H21ClN2S/c1-13(21)11-17-16-5-3-4-6-18(16)22(2)19(17)23-12-14-7-9-15(20)10-8-14/h3-10,13H,11-12,21H2,1-2H3. The smallest absolute Gasteiger partial charge is 0.0792 e. The summed E-state index contributed by atoms with van der Waals surface area (Å²) in [6.07, 6.45) is 0.893. The summed E-state index contributed by atoms with van der Waals surface area (Å²) in [5.41, 5.74) is 9.98. The lowest BCUT2D eigenvalue weighted by atomic mass is 10.1. The molecule has 0 spiro atoms. The molecule has 0 amide bonds. The minimum atomic E-state index is 0.149. The third kappa shape index (κ3) is 3.57. The third-order valence-corrected chi connectivity index (χ3v) is 5.49. The molecular weight excluding hydrogens is 324 g/mol. The zero-order valence-electron chi connectivity index (χ0n) is 13.4. The first kappa shape index (κ1) is 16.4. The molecule has 3 aromatic rings. The largest absolute Gasteiger partial charge is 0.339 e. The Bertz CT molecular complexity index is 806. The summed E-state index contributed by atoms with van der Waals surface area (Å²) >= 11 is 7.83. The molecule has 0 saturated heterocycles. The summed E-state index contributed by atoms with van der Waals surface area (Å²) in [7, 11) is 2.14. The van der Waals surface area contributed by atoms with Crippen LogP contribution >= 0.6 is 23.4 Å². The molecule has 0 radical (unpaired) electrons. The number of aryl methyl sites for hydroxylation is 1. The number of fused-ring (bicyclic) bond motifs is 1. The number of nitrogens with two attached hydrogens (primary N) is 1. The summed E-state index contributed by atoms with van der Waals surface area (Å²) in [6, 6.07) is 16.8. The van der Waals surface area contributed by atoms with Gasteiger partial charge in [0.15, 0.2) is 0 Å². The van der Waals surface area contributed by atoms with E-state index in [1.165, 1.54) is 27.1 Å². The number of benzene rings is 2. The number of aromatic nitrogens is 1. The lowest BCUT2D eigenvalue weighted by molar-refractivity contribution is 0.718. The average molecular weight is 345 g/mol. The number of para-hydroxylation sites is 1. The van der Waals surface area contributed by atoms with Gasteiger partial charge in [0.25, 0.3) is 0 Å². The van der Waals surface area contributed by atoms with Crippen molar-refractivity contribution in [2.75, 3.05) is 0 Å². The van der Waals surface area contributed by atoms with Crippen LogP contribution in [0.15, 0.2) is 53.6 Å². The van der Waals surface area contributed by atoms with Gasteiger partial charge in [0, 0.05) is 34.8 Å². The Labute approximate surface area is 146 Å². The van der Waals surface area contributed by atoms with Gasteiger partial charge in [-0.25, -0.2) is 0 Å². The highest BCUT2D eigenvalue weighted by atomic mass is 35.5. The van der Waals surface area contributed by atoms with E-state index >= 15 is 0 Å². The molecule has 0 fully saturated rings. The van der Waals surface area contributed by atoms with Gasteiger partial charge >= 0.3 is 0 Å². The van der Waals surface area contributed by atoms with E-state index in [0.29, 0.717) is 0 Å². The Hall–Kier alpha value is -1.42. The molecule has 23 heavy (non-hydrogen) atoms. The fraction of sp³-hybridized carbons (Fsp3) is 0.263. The molecule has 2 aromatic carbocycles. The second-order valence-corrected chi connectivity index (χ2v) is 7.36. The quantitative estimate of drug-likeness (QED) is 0.659. The van der Waals surface area contributed by atoms with Crippen LogP contribution in [0, 0.1) is 0 Å². The van der Waals surface area contributed by atoms with Crippen LogP contribution in [0.25, 0.3) is 10.9 Å². The molecule has 120 valence electrons. The lowest BCUT2D eigenvalue weighted by Crippen LogP contribution is -2.18. The van der Waals surface area contributed by atoms with E-state index in [0.717, 1.165) is 17.2 Å². The first-order chi connectivity index (χ1) is 11.1. The fourth-order valence-electron chi connectivity index (χ4n) is 2.88. The van der Waals surface area contributed by atoms with Gasteiger partial charge in [-0.1, -0.05) is 41.9 Å². The molecule has 1 unspecified atom stereocenters. The van der Waals surface area contributed by atoms with E-state index in [1.807, 2.05) is 23.9 Å². The van der Waals surface area contributed by atoms with Crippen molar-refractivity contribution < 1.29 is 0 Å². The van der Waals surface area contributed by atoms with Gasteiger partial charge in [-0.3, -0.25) is 0 Å². The number of thioether (sulfide) groups is 1. The molecule has 2 N–H and O–H groups in total. The molecule has 0 saturated carbocycles. The van der Waals surface area contributed by atoms with Crippen molar-refractivity contribution in [2.45, 2.75) is 30.2 Å². The number of rotatable bonds is 5. The van der Waals surface area contributed by atoms with Crippen molar-refractivity contribution in [2.24, 2.45) is 12.8 Å². The molecule has 0 aliphatic heterocycles. The number of hydrogen-bond donors (Lipinski definition) is 1. The van der Waals surface area contributed by atoms with Crippen LogP contribution in [0.4, 0.5) is 0 Å². The Morgan fingerprint density at radius 2 is 1.83 bits per heavy atom. The average Bonchev–Trinajstić information content (AvgIpc) is 2.79. The van der Waals surface area contributed by atoms with Crippen LogP contribution in [0.1, 0.15) is 18.1 Å². The molecular formula is C19H21ClN2S. The van der Waals surface area contributed by atoms with Crippen molar-refractivity contribution in [3.05, 3.63) is 64.7 Å².